The molecule has 1 rings (SSSR count). The first-order valence-electron chi connectivity index (χ1n) is 2.86. The van der Waals surface area contributed by atoms with Gasteiger partial charge in [-0.05, 0) is 0 Å². The van der Waals surface area contributed by atoms with Crippen LogP contribution >= 0.6 is 11.6 Å². The molecule has 11 heavy (non-hydrogen) atoms. The van der Waals surface area contributed by atoms with E-state index < -0.39 is 13.4 Å². The molecular weight excluding hydrogens is 179 g/mol. The normalized spacial score (nSPS) is 12.0. The first-order chi connectivity index (χ1) is 4.97. The van der Waals surface area contributed by atoms with Crippen molar-refractivity contribution in [1.29, 1.82) is 0 Å². The summed E-state index contributed by atoms with van der Waals surface area (Å²) in [5.41, 5.74) is 0. The number of halogens is 4. The standard InChI is InChI=1S/C4H4BClF3N2/c6-4-1-10-11(2-4)3-5(7,8)9/h1-2H,3H2/q-1. The fraction of sp³-hybridized carbons (Fsp3) is 0.250. The summed E-state index contributed by atoms with van der Waals surface area (Å²) in [5, 5.41) is 3.59. The maximum absolute atomic E-state index is 11.7. The molecule has 0 N–H and O–H groups in total. The van der Waals surface area contributed by atoms with E-state index in [2.05, 4.69) is 5.10 Å². The first-order valence-corrected chi connectivity index (χ1v) is 3.24. The van der Waals surface area contributed by atoms with E-state index >= 15 is 0 Å². The molecule has 0 unspecified atom stereocenters. The van der Waals surface area contributed by atoms with Crippen LogP contribution in [0.2, 0.25) is 5.02 Å². The van der Waals surface area contributed by atoms with Crippen LogP contribution in [0.3, 0.4) is 0 Å². The average Bonchev–Trinajstić information content (AvgIpc) is 2.10. The highest BCUT2D eigenvalue weighted by atomic mass is 35.5. The fourth-order valence-corrected chi connectivity index (χ4v) is 0.807. The molecule has 1 heterocycles. The van der Waals surface area contributed by atoms with Crippen LogP contribution in [-0.2, 0) is 6.44 Å². The summed E-state index contributed by atoms with van der Waals surface area (Å²) in [6.45, 7) is -4.83. The Balaban J connectivity index is 2.65. The summed E-state index contributed by atoms with van der Waals surface area (Å²) in [7, 11) is 0. The zero-order valence-electron chi connectivity index (χ0n) is 5.35. The molecule has 0 fully saturated rings. The van der Waals surface area contributed by atoms with Gasteiger partial charge in [-0.1, -0.05) is 11.6 Å². The predicted octanol–water partition coefficient (Wildman–Crippen LogP) is 1.92. The van der Waals surface area contributed by atoms with Crippen molar-refractivity contribution < 1.29 is 12.9 Å². The van der Waals surface area contributed by atoms with Gasteiger partial charge in [0.2, 0.25) is 0 Å². The van der Waals surface area contributed by atoms with E-state index in [1.165, 1.54) is 6.20 Å². The van der Waals surface area contributed by atoms with Crippen molar-refractivity contribution in [2.24, 2.45) is 0 Å². The molecule has 0 saturated heterocycles. The summed E-state index contributed by atoms with van der Waals surface area (Å²) in [6, 6.07) is 0. The van der Waals surface area contributed by atoms with E-state index in [9.17, 15) is 12.9 Å². The van der Waals surface area contributed by atoms with E-state index in [-0.39, 0.29) is 5.02 Å². The molecule has 1 aromatic rings. The average molecular weight is 183 g/mol. The third-order valence-corrected chi connectivity index (χ3v) is 1.19. The zero-order chi connectivity index (χ0) is 8.48. The van der Waals surface area contributed by atoms with Crippen molar-refractivity contribution in [2.45, 2.75) is 6.44 Å². The Morgan fingerprint density at radius 1 is 1.55 bits per heavy atom. The van der Waals surface area contributed by atoms with Crippen molar-refractivity contribution in [2.75, 3.05) is 0 Å². The predicted molar refractivity (Wildman–Crippen MR) is 36.3 cm³/mol. The van der Waals surface area contributed by atoms with Crippen molar-refractivity contribution in [1.82, 2.24) is 9.78 Å². The molecule has 0 aliphatic rings. The lowest BCUT2D eigenvalue weighted by Crippen LogP contribution is -2.24. The zero-order valence-corrected chi connectivity index (χ0v) is 6.10. The van der Waals surface area contributed by atoms with Crippen LogP contribution in [0.1, 0.15) is 0 Å². The lowest BCUT2D eigenvalue weighted by atomic mass is 9.93. The molecule has 0 aromatic carbocycles. The summed E-state index contributed by atoms with van der Waals surface area (Å²) in [4.78, 5) is 0. The molecule has 0 saturated carbocycles. The summed E-state index contributed by atoms with van der Waals surface area (Å²) in [6.07, 6.45) is 1.27. The minimum Gasteiger partial charge on any atom is -0.448 e. The minimum atomic E-state index is -4.83. The summed E-state index contributed by atoms with van der Waals surface area (Å²) in [5.74, 6) is 0. The van der Waals surface area contributed by atoms with E-state index in [0.717, 1.165) is 10.9 Å². The van der Waals surface area contributed by atoms with Crippen LogP contribution < -0.4 is 0 Å². The monoisotopic (exact) mass is 183 g/mol. The molecule has 0 spiro atoms. The molecule has 0 atom stereocenters. The Labute approximate surface area is 66.0 Å². The highest BCUT2D eigenvalue weighted by Crippen LogP contribution is 2.12. The molecule has 0 radical (unpaired) electrons. The van der Waals surface area contributed by atoms with Crippen molar-refractivity contribution in [3.05, 3.63) is 17.4 Å². The number of rotatable bonds is 2. The molecule has 62 valence electrons. The van der Waals surface area contributed by atoms with Gasteiger partial charge in [0.1, 0.15) is 0 Å². The number of aromatic nitrogens is 2. The number of hydrogen-bond acceptors (Lipinski definition) is 1. The third kappa shape index (κ3) is 2.84. The van der Waals surface area contributed by atoms with Gasteiger partial charge in [-0.15, -0.1) is 0 Å². The molecule has 1 aromatic heterocycles. The Morgan fingerprint density at radius 2 is 2.18 bits per heavy atom. The molecule has 2 nitrogen and oxygen atoms in total. The van der Waals surface area contributed by atoms with Crippen molar-refractivity contribution in [3.8, 4) is 0 Å². The minimum absolute atomic E-state index is 0.213. The van der Waals surface area contributed by atoms with Crippen LogP contribution in [0.4, 0.5) is 12.9 Å². The van der Waals surface area contributed by atoms with Gasteiger partial charge in [0.25, 0.3) is 0 Å². The third-order valence-electron chi connectivity index (χ3n) is 0.996. The van der Waals surface area contributed by atoms with Crippen molar-refractivity contribution >= 4 is 18.6 Å². The van der Waals surface area contributed by atoms with Gasteiger partial charge < -0.3 is 12.9 Å². The fourth-order valence-electron chi connectivity index (χ4n) is 0.650. The van der Waals surface area contributed by atoms with E-state index in [4.69, 9.17) is 11.6 Å². The Morgan fingerprint density at radius 3 is 2.55 bits per heavy atom. The van der Waals surface area contributed by atoms with Crippen LogP contribution in [-0.4, -0.2) is 16.8 Å². The molecule has 0 amide bonds. The maximum atomic E-state index is 11.7. The second-order valence-electron chi connectivity index (χ2n) is 2.09. The van der Waals surface area contributed by atoms with Crippen molar-refractivity contribution in [3.63, 3.8) is 0 Å². The van der Waals surface area contributed by atoms with E-state index in [1.54, 1.807) is 0 Å². The van der Waals surface area contributed by atoms with Crippen LogP contribution in [0, 0.1) is 0 Å². The summed E-state index contributed by atoms with van der Waals surface area (Å²) >= 11 is 5.35. The topological polar surface area (TPSA) is 17.8 Å². The molecule has 7 heteroatoms. The Kier molecular flexibility index (Phi) is 2.13. The second-order valence-corrected chi connectivity index (χ2v) is 2.53. The lowest BCUT2D eigenvalue weighted by molar-refractivity contribution is 0.436. The SMILES string of the molecule is F[B-](F)(F)Cn1cc(Cl)cn1. The number of nitrogens with zero attached hydrogens (tertiary/aromatic N) is 2. The van der Waals surface area contributed by atoms with Crippen LogP contribution in [0.15, 0.2) is 12.4 Å². The molecule has 0 bridgehead atoms. The highest BCUT2D eigenvalue weighted by Gasteiger charge is 2.23. The summed E-state index contributed by atoms with van der Waals surface area (Å²) < 4.78 is 35.9. The largest absolute Gasteiger partial charge is 0.499 e. The lowest BCUT2D eigenvalue weighted by Gasteiger charge is -2.12. The Bertz CT molecular complexity index is 246. The van der Waals surface area contributed by atoms with Crippen LogP contribution in [0.25, 0.3) is 0 Å². The van der Waals surface area contributed by atoms with Gasteiger partial charge in [0.15, 0.2) is 0 Å². The smallest absolute Gasteiger partial charge is 0.448 e. The molecule has 0 aliphatic carbocycles. The van der Waals surface area contributed by atoms with Gasteiger partial charge in [0, 0.05) is 12.6 Å². The van der Waals surface area contributed by atoms with Crippen LogP contribution in [0.5, 0.6) is 0 Å². The molecular formula is C4H4BClF3N2-. The van der Waals surface area contributed by atoms with Gasteiger partial charge in [0.05, 0.1) is 11.2 Å². The van der Waals surface area contributed by atoms with E-state index in [1.807, 2.05) is 0 Å². The first kappa shape index (κ1) is 8.45. The highest BCUT2D eigenvalue weighted by molar-refractivity contribution is 6.57. The molecule has 0 aliphatic heterocycles. The van der Waals surface area contributed by atoms with Gasteiger partial charge in [-0.3, -0.25) is 4.68 Å². The quantitative estimate of drug-likeness (QED) is 0.641. The van der Waals surface area contributed by atoms with Gasteiger partial charge in [-0.25, -0.2) is 0 Å². The Hall–Kier alpha value is -0.645. The maximum Gasteiger partial charge on any atom is 0.499 e. The number of hydrogen-bond donors (Lipinski definition) is 0. The van der Waals surface area contributed by atoms with E-state index in [0.29, 0.717) is 0 Å². The van der Waals surface area contributed by atoms with Gasteiger partial charge >= 0.3 is 6.98 Å². The second kappa shape index (κ2) is 2.77. The van der Waals surface area contributed by atoms with Gasteiger partial charge in [-0.2, -0.15) is 5.10 Å².